The Labute approximate surface area is 116 Å². The average Bonchev–Trinajstić information content (AvgIpc) is 2.91. The number of thiophene rings is 1. The molecule has 5 nitrogen and oxygen atoms in total. The molecule has 1 saturated heterocycles. The number of piperazine rings is 1. The number of hydrogen-bond donors (Lipinski definition) is 2. The second-order valence-electron chi connectivity index (χ2n) is 4.64. The largest absolute Gasteiger partial charge is 0.368 e. The van der Waals surface area contributed by atoms with Gasteiger partial charge in [-0.15, -0.1) is 11.3 Å². The van der Waals surface area contributed by atoms with E-state index in [4.69, 9.17) is 5.73 Å². The second kappa shape index (κ2) is 6.68. The third kappa shape index (κ3) is 3.78. The molecular formula is C13H19N3O2S. The van der Waals surface area contributed by atoms with E-state index in [1.165, 1.54) is 4.88 Å². The summed E-state index contributed by atoms with van der Waals surface area (Å²) < 4.78 is 0. The van der Waals surface area contributed by atoms with Gasteiger partial charge in [-0.05, 0) is 24.3 Å². The molecular weight excluding hydrogens is 262 g/mol. The zero-order chi connectivity index (χ0) is 13.7. The second-order valence-corrected chi connectivity index (χ2v) is 5.67. The van der Waals surface area contributed by atoms with E-state index in [2.05, 4.69) is 11.4 Å². The van der Waals surface area contributed by atoms with Gasteiger partial charge in [0.25, 0.3) is 0 Å². The van der Waals surface area contributed by atoms with Gasteiger partial charge in [-0.25, -0.2) is 0 Å². The predicted molar refractivity (Wildman–Crippen MR) is 74.8 cm³/mol. The number of nitrogens with zero attached hydrogens (tertiary/aromatic N) is 1. The highest BCUT2D eigenvalue weighted by Gasteiger charge is 2.29. The molecule has 0 aliphatic carbocycles. The molecule has 1 atom stereocenters. The first kappa shape index (κ1) is 14.0. The Kier molecular flexibility index (Phi) is 4.93. The maximum absolute atomic E-state index is 12.1. The van der Waals surface area contributed by atoms with Crippen molar-refractivity contribution in [2.24, 2.45) is 5.73 Å². The fourth-order valence-corrected chi connectivity index (χ4v) is 3.02. The van der Waals surface area contributed by atoms with Crippen LogP contribution in [-0.2, 0) is 16.0 Å². The summed E-state index contributed by atoms with van der Waals surface area (Å²) in [6, 6.07) is 3.59. The van der Waals surface area contributed by atoms with Crippen molar-refractivity contribution in [3.63, 3.8) is 0 Å². The number of primary amides is 1. The molecule has 0 radical (unpaired) electrons. The Morgan fingerprint density at radius 3 is 3.05 bits per heavy atom. The number of carbonyl (C=O) groups excluding carboxylic acids is 2. The molecule has 104 valence electrons. The van der Waals surface area contributed by atoms with Crippen molar-refractivity contribution in [2.75, 3.05) is 19.6 Å². The van der Waals surface area contributed by atoms with Gasteiger partial charge in [0, 0.05) is 30.9 Å². The van der Waals surface area contributed by atoms with E-state index in [0.717, 1.165) is 19.4 Å². The Hall–Kier alpha value is -1.40. The third-order valence-electron chi connectivity index (χ3n) is 3.29. The maximum atomic E-state index is 12.1. The molecule has 0 bridgehead atoms. The number of carbonyl (C=O) groups is 2. The van der Waals surface area contributed by atoms with Crippen LogP contribution in [0.3, 0.4) is 0 Å². The van der Waals surface area contributed by atoms with Crippen molar-refractivity contribution < 1.29 is 9.59 Å². The van der Waals surface area contributed by atoms with Gasteiger partial charge >= 0.3 is 0 Å². The van der Waals surface area contributed by atoms with Crippen molar-refractivity contribution in [3.05, 3.63) is 22.4 Å². The fraction of sp³-hybridized carbons (Fsp3) is 0.538. The molecule has 0 aromatic carbocycles. The van der Waals surface area contributed by atoms with E-state index in [-0.39, 0.29) is 5.91 Å². The Balaban J connectivity index is 1.82. The molecule has 1 aromatic heterocycles. The van der Waals surface area contributed by atoms with Crippen molar-refractivity contribution in [2.45, 2.75) is 25.3 Å². The van der Waals surface area contributed by atoms with E-state index in [1.807, 2.05) is 11.4 Å². The smallest absolute Gasteiger partial charge is 0.241 e. The van der Waals surface area contributed by atoms with Crippen LogP contribution in [0.15, 0.2) is 17.5 Å². The number of nitrogens with two attached hydrogens (primary N) is 1. The molecule has 6 heteroatoms. The van der Waals surface area contributed by atoms with Gasteiger partial charge < -0.3 is 16.0 Å². The molecule has 3 N–H and O–H groups in total. The van der Waals surface area contributed by atoms with Crippen LogP contribution in [0.2, 0.25) is 0 Å². The number of aryl methyl sites for hydroxylation is 1. The van der Waals surface area contributed by atoms with Crippen LogP contribution in [-0.4, -0.2) is 42.4 Å². The lowest BCUT2D eigenvalue weighted by atomic mass is 10.1. The van der Waals surface area contributed by atoms with Crippen LogP contribution in [0.4, 0.5) is 0 Å². The molecule has 19 heavy (non-hydrogen) atoms. The molecule has 1 aliphatic heterocycles. The quantitative estimate of drug-likeness (QED) is 0.818. The topological polar surface area (TPSA) is 75.4 Å². The summed E-state index contributed by atoms with van der Waals surface area (Å²) in [4.78, 5) is 26.4. The van der Waals surface area contributed by atoms with Crippen LogP contribution in [0.25, 0.3) is 0 Å². The summed E-state index contributed by atoms with van der Waals surface area (Å²) >= 11 is 1.71. The van der Waals surface area contributed by atoms with Crippen LogP contribution in [0, 0.1) is 0 Å². The predicted octanol–water partition coefficient (Wildman–Crippen LogP) is 0.357. The normalized spacial score (nSPS) is 19.4. The number of nitrogens with one attached hydrogen (secondary N) is 1. The molecule has 2 rings (SSSR count). The first-order valence-corrected chi connectivity index (χ1v) is 7.38. The van der Waals surface area contributed by atoms with Crippen molar-refractivity contribution in [3.8, 4) is 0 Å². The minimum atomic E-state index is -0.497. The zero-order valence-electron chi connectivity index (χ0n) is 10.8. The van der Waals surface area contributed by atoms with Crippen LogP contribution in [0.5, 0.6) is 0 Å². The average molecular weight is 281 g/mol. The van der Waals surface area contributed by atoms with Crippen molar-refractivity contribution in [1.82, 2.24) is 10.2 Å². The van der Waals surface area contributed by atoms with Crippen molar-refractivity contribution in [1.29, 1.82) is 0 Å². The van der Waals surface area contributed by atoms with E-state index in [1.54, 1.807) is 16.2 Å². The highest BCUT2D eigenvalue weighted by Crippen LogP contribution is 2.13. The van der Waals surface area contributed by atoms with Gasteiger partial charge in [0.15, 0.2) is 0 Å². The molecule has 1 aromatic rings. The SMILES string of the molecule is NC(=O)C1CNCCN1C(=O)CCCc1cccs1. The Bertz CT molecular complexity index is 433. The summed E-state index contributed by atoms with van der Waals surface area (Å²) in [6.07, 6.45) is 2.20. The summed E-state index contributed by atoms with van der Waals surface area (Å²) in [7, 11) is 0. The van der Waals surface area contributed by atoms with Gasteiger partial charge in [0.2, 0.25) is 11.8 Å². The monoisotopic (exact) mass is 281 g/mol. The van der Waals surface area contributed by atoms with Gasteiger partial charge in [-0.3, -0.25) is 9.59 Å². The molecule has 0 spiro atoms. The van der Waals surface area contributed by atoms with E-state index >= 15 is 0 Å². The van der Waals surface area contributed by atoms with E-state index in [9.17, 15) is 9.59 Å². The molecule has 1 fully saturated rings. The van der Waals surface area contributed by atoms with E-state index in [0.29, 0.717) is 19.5 Å². The minimum absolute atomic E-state index is 0.0295. The molecule has 1 unspecified atom stereocenters. The highest BCUT2D eigenvalue weighted by atomic mass is 32.1. The maximum Gasteiger partial charge on any atom is 0.241 e. The molecule has 1 aliphatic rings. The summed E-state index contributed by atoms with van der Waals surface area (Å²) in [5, 5.41) is 5.12. The molecule has 2 amide bonds. The first-order chi connectivity index (χ1) is 9.18. The first-order valence-electron chi connectivity index (χ1n) is 6.50. The summed E-state index contributed by atoms with van der Waals surface area (Å²) in [6.45, 7) is 1.75. The van der Waals surface area contributed by atoms with Gasteiger partial charge in [0.05, 0.1) is 0 Å². The van der Waals surface area contributed by atoms with E-state index < -0.39 is 11.9 Å². The van der Waals surface area contributed by atoms with Crippen LogP contribution >= 0.6 is 11.3 Å². The zero-order valence-corrected chi connectivity index (χ0v) is 11.6. The lowest BCUT2D eigenvalue weighted by Crippen LogP contribution is -2.58. The van der Waals surface area contributed by atoms with Gasteiger partial charge in [0.1, 0.15) is 6.04 Å². The number of rotatable bonds is 5. The summed E-state index contributed by atoms with van der Waals surface area (Å²) in [5.74, 6) is -0.402. The standard InChI is InChI=1S/C13H19N3O2S/c14-13(18)11-9-15-6-7-16(11)12(17)5-1-3-10-4-2-8-19-10/h2,4,8,11,15H,1,3,5-7,9H2,(H2,14,18). The number of amides is 2. The lowest BCUT2D eigenvalue weighted by Gasteiger charge is -2.34. The lowest BCUT2D eigenvalue weighted by molar-refractivity contribution is -0.140. The molecule has 2 heterocycles. The number of hydrogen-bond acceptors (Lipinski definition) is 4. The fourth-order valence-electron chi connectivity index (χ4n) is 2.27. The molecule has 0 saturated carbocycles. The Morgan fingerprint density at radius 2 is 2.37 bits per heavy atom. The minimum Gasteiger partial charge on any atom is -0.368 e. The summed E-state index contributed by atoms with van der Waals surface area (Å²) in [5.41, 5.74) is 5.33. The highest BCUT2D eigenvalue weighted by molar-refractivity contribution is 7.09. The Morgan fingerprint density at radius 1 is 1.53 bits per heavy atom. The van der Waals surface area contributed by atoms with Crippen LogP contribution < -0.4 is 11.1 Å². The van der Waals surface area contributed by atoms with Gasteiger partial charge in [-0.1, -0.05) is 6.07 Å². The third-order valence-corrected chi connectivity index (χ3v) is 4.22. The van der Waals surface area contributed by atoms with Gasteiger partial charge in [-0.2, -0.15) is 0 Å². The van der Waals surface area contributed by atoms with Crippen molar-refractivity contribution >= 4 is 23.2 Å². The van der Waals surface area contributed by atoms with Crippen LogP contribution in [0.1, 0.15) is 17.7 Å².